The lowest BCUT2D eigenvalue weighted by Crippen LogP contribution is -2.09. The zero-order chi connectivity index (χ0) is 11.5. The Morgan fingerprint density at radius 1 is 0.941 bits per heavy atom. The predicted octanol–water partition coefficient (Wildman–Crippen LogP) is 2.67. The Labute approximate surface area is 99.2 Å². The quantitative estimate of drug-likeness (QED) is 0.684. The number of fused-ring (bicyclic) bond motifs is 1. The Balaban J connectivity index is 1.77. The summed E-state index contributed by atoms with van der Waals surface area (Å²) in [6.07, 6.45) is 5.71. The molecule has 0 N–H and O–H groups in total. The van der Waals surface area contributed by atoms with E-state index in [-0.39, 0.29) is 0 Å². The van der Waals surface area contributed by atoms with E-state index in [1.807, 2.05) is 42.7 Å². The highest BCUT2D eigenvalue weighted by Crippen LogP contribution is 2.13. The summed E-state index contributed by atoms with van der Waals surface area (Å²) in [5, 5.41) is 2.35. The zero-order valence-electron chi connectivity index (χ0n) is 9.28. The summed E-state index contributed by atoms with van der Waals surface area (Å²) in [5.41, 5.74) is 0.922. The highest BCUT2D eigenvalue weighted by Gasteiger charge is 1.98. The van der Waals surface area contributed by atoms with Crippen LogP contribution in [-0.2, 0) is 6.61 Å². The van der Waals surface area contributed by atoms with Crippen LogP contribution in [-0.4, -0.2) is 9.71 Å². The van der Waals surface area contributed by atoms with Gasteiger partial charge in [0.15, 0.2) is 6.61 Å². The van der Waals surface area contributed by atoms with Gasteiger partial charge in [0.05, 0.1) is 18.1 Å². The van der Waals surface area contributed by atoms with Gasteiger partial charge >= 0.3 is 0 Å². The lowest BCUT2D eigenvalue weighted by molar-refractivity contribution is 0.0966. The molecule has 0 aliphatic heterocycles. The third-order valence-corrected chi connectivity index (χ3v) is 2.62. The van der Waals surface area contributed by atoms with Crippen molar-refractivity contribution in [2.24, 2.45) is 0 Å². The molecule has 84 valence electrons. The van der Waals surface area contributed by atoms with E-state index in [1.165, 1.54) is 10.8 Å². The highest BCUT2D eigenvalue weighted by molar-refractivity contribution is 5.81. The fourth-order valence-corrected chi connectivity index (χ4v) is 1.76. The van der Waals surface area contributed by atoms with Gasteiger partial charge in [-0.3, -0.25) is 4.98 Å². The van der Waals surface area contributed by atoms with Crippen LogP contribution in [0, 0.1) is 0 Å². The van der Waals surface area contributed by atoms with Gasteiger partial charge in [-0.2, -0.15) is 4.73 Å². The van der Waals surface area contributed by atoms with Crippen LogP contribution in [0.1, 0.15) is 5.69 Å². The van der Waals surface area contributed by atoms with Crippen molar-refractivity contribution in [2.75, 3.05) is 0 Å². The third kappa shape index (κ3) is 2.13. The Morgan fingerprint density at radius 2 is 1.65 bits per heavy atom. The van der Waals surface area contributed by atoms with Crippen LogP contribution < -0.4 is 4.84 Å². The lowest BCUT2D eigenvalue weighted by Gasteiger charge is -2.04. The molecular formula is C14H12N2O. The van der Waals surface area contributed by atoms with E-state index in [0.29, 0.717) is 6.61 Å². The number of aromatic nitrogens is 2. The normalized spacial score (nSPS) is 10.6. The van der Waals surface area contributed by atoms with Crippen LogP contribution >= 0.6 is 0 Å². The van der Waals surface area contributed by atoms with Crippen LogP contribution in [0.2, 0.25) is 0 Å². The maximum Gasteiger partial charge on any atom is 0.156 e. The summed E-state index contributed by atoms with van der Waals surface area (Å²) in [6, 6.07) is 14.0. The molecule has 0 amide bonds. The van der Waals surface area contributed by atoms with Gasteiger partial charge in [-0.25, -0.2) is 0 Å². The fourth-order valence-electron chi connectivity index (χ4n) is 1.76. The zero-order valence-corrected chi connectivity index (χ0v) is 9.28. The Bertz CT molecular complexity index is 583. The topological polar surface area (TPSA) is 27.1 Å². The highest BCUT2D eigenvalue weighted by atomic mass is 16.7. The number of hydrogen-bond acceptors (Lipinski definition) is 2. The van der Waals surface area contributed by atoms with Crippen molar-refractivity contribution in [1.29, 1.82) is 0 Å². The van der Waals surface area contributed by atoms with Gasteiger partial charge in [0.25, 0.3) is 0 Å². The molecule has 1 aromatic carbocycles. The first kappa shape index (κ1) is 9.90. The molecule has 3 aromatic rings. The minimum Gasteiger partial charge on any atom is -0.408 e. The van der Waals surface area contributed by atoms with Crippen LogP contribution in [0.5, 0.6) is 0 Å². The standard InChI is InChI=1S/C14H12N2O/c1-2-6-13-10-16(9-12(13)5-1)17-11-14-7-3-4-8-15-14/h1-10H,11H2. The minimum atomic E-state index is 0.474. The molecule has 0 aliphatic carbocycles. The summed E-state index contributed by atoms with van der Waals surface area (Å²) >= 11 is 0. The van der Waals surface area contributed by atoms with Gasteiger partial charge in [0, 0.05) is 17.0 Å². The second kappa shape index (κ2) is 4.29. The molecule has 0 atom stereocenters. The second-order valence-electron chi connectivity index (χ2n) is 3.84. The molecule has 3 nitrogen and oxygen atoms in total. The van der Waals surface area contributed by atoms with E-state index in [4.69, 9.17) is 4.84 Å². The van der Waals surface area contributed by atoms with E-state index in [0.717, 1.165) is 5.69 Å². The van der Waals surface area contributed by atoms with E-state index in [9.17, 15) is 0 Å². The number of pyridine rings is 1. The molecule has 0 saturated heterocycles. The summed E-state index contributed by atoms with van der Waals surface area (Å²) < 4.78 is 1.74. The van der Waals surface area contributed by atoms with E-state index >= 15 is 0 Å². The lowest BCUT2D eigenvalue weighted by atomic mass is 10.2. The van der Waals surface area contributed by atoms with Crippen molar-refractivity contribution in [1.82, 2.24) is 9.71 Å². The predicted molar refractivity (Wildman–Crippen MR) is 66.5 cm³/mol. The Hall–Kier alpha value is -2.29. The molecule has 0 fully saturated rings. The average molecular weight is 224 g/mol. The summed E-state index contributed by atoms with van der Waals surface area (Å²) in [5.74, 6) is 0. The molecule has 17 heavy (non-hydrogen) atoms. The molecule has 0 radical (unpaired) electrons. The van der Waals surface area contributed by atoms with Crippen LogP contribution in [0.15, 0.2) is 61.1 Å². The number of rotatable bonds is 3. The van der Waals surface area contributed by atoms with Crippen molar-refractivity contribution in [3.63, 3.8) is 0 Å². The number of nitrogens with zero attached hydrogens (tertiary/aromatic N) is 2. The first-order chi connectivity index (χ1) is 8.42. The van der Waals surface area contributed by atoms with Crippen molar-refractivity contribution in [3.05, 3.63) is 66.7 Å². The number of hydrogen-bond donors (Lipinski definition) is 0. The van der Waals surface area contributed by atoms with Crippen molar-refractivity contribution < 1.29 is 4.84 Å². The molecule has 0 aliphatic rings. The molecule has 3 rings (SSSR count). The molecule has 0 spiro atoms. The largest absolute Gasteiger partial charge is 0.408 e. The summed E-state index contributed by atoms with van der Waals surface area (Å²) in [7, 11) is 0. The van der Waals surface area contributed by atoms with Crippen molar-refractivity contribution >= 4 is 10.8 Å². The number of benzene rings is 1. The van der Waals surface area contributed by atoms with Crippen molar-refractivity contribution in [2.45, 2.75) is 6.61 Å². The molecule has 3 heteroatoms. The smallest absolute Gasteiger partial charge is 0.156 e. The first-order valence-corrected chi connectivity index (χ1v) is 5.52. The van der Waals surface area contributed by atoms with Gasteiger partial charge in [-0.05, 0) is 12.1 Å². The SMILES string of the molecule is c1ccc(COn2cc3ccccc3c2)nc1. The minimum absolute atomic E-state index is 0.474. The first-order valence-electron chi connectivity index (χ1n) is 5.52. The van der Waals surface area contributed by atoms with Gasteiger partial charge in [0.1, 0.15) is 0 Å². The Morgan fingerprint density at radius 3 is 2.29 bits per heavy atom. The maximum atomic E-state index is 5.63. The van der Waals surface area contributed by atoms with E-state index in [1.54, 1.807) is 10.9 Å². The van der Waals surface area contributed by atoms with Crippen molar-refractivity contribution in [3.8, 4) is 0 Å². The summed E-state index contributed by atoms with van der Waals surface area (Å²) in [6.45, 7) is 0.474. The van der Waals surface area contributed by atoms with Gasteiger partial charge in [-0.1, -0.05) is 30.3 Å². The molecular weight excluding hydrogens is 212 g/mol. The average Bonchev–Trinajstić information content (AvgIpc) is 2.80. The maximum absolute atomic E-state index is 5.63. The van der Waals surface area contributed by atoms with Gasteiger partial charge in [-0.15, -0.1) is 0 Å². The third-order valence-electron chi connectivity index (χ3n) is 2.62. The van der Waals surface area contributed by atoms with Crippen LogP contribution in [0.4, 0.5) is 0 Å². The van der Waals surface area contributed by atoms with Crippen LogP contribution in [0.3, 0.4) is 0 Å². The molecule has 0 bridgehead atoms. The van der Waals surface area contributed by atoms with Gasteiger partial charge < -0.3 is 4.84 Å². The van der Waals surface area contributed by atoms with E-state index in [2.05, 4.69) is 17.1 Å². The molecule has 0 unspecified atom stereocenters. The van der Waals surface area contributed by atoms with Crippen LogP contribution in [0.25, 0.3) is 10.8 Å². The molecule has 2 aromatic heterocycles. The van der Waals surface area contributed by atoms with E-state index < -0.39 is 0 Å². The fraction of sp³-hybridized carbons (Fsp3) is 0.0714. The molecule has 0 saturated carbocycles. The monoisotopic (exact) mass is 224 g/mol. The summed E-state index contributed by atoms with van der Waals surface area (Å²) in [4.78, 5) is 9.84. The Kier molecular flexibility index (Phi) is 2.50. The van der Waals surface area contributed by atoms with Gasteiger partial charge in [0.2, 0.25) is 0 Å². The molecule has 2 heterocycles. The second-order valence-corrected chi connectivity index (χ2v) is 3.84.